The average molecular weight is 210 g/mol. The van der Waals surface area contributed by atoms with Crippen LogP contribution < -0.4 is 0 Å². The quantitative estimate of drug-likeness (QED) is 0.693. The second kappa shape index (κ2) is 4.07. The number of hydrogen-bond donors (Lipinski definition) is 0. The summed E-state index contributed by atoms with van der Waals surface area (Å²) in [4.78, 5) is 6.21. The number of rotatable bonds is 2. The van der Waals surface area contributed by atoms with Crippen LogP contribution in [0.2, 0.25) is 0 Å². The van der Waals surface area contributed by atoms with Gasteiger partial charge < -0.3 is 4.90 Å². The number of thioether (sulfide) groups is 1. The third-order valence-corrected chi connectivity index (χ3v) is 3.47. The summed E-state index contributed by atoms with van der Waals surface area (Å²) >= 11 is 6.98. The Hall–Kier alpha value is -0.610. The minimum Gasteiger partial charge on any atom is -0.352 e. The molecule has 1 aromatic heterocycles. The Labute approximate surface area is 87.3 Å². The van der Waals surface area contributed by atoms with Crippen LogP contribution in [0.3, 0.4) is 0 Å². The molecule has 1 aliphatic rings. The lowest BCUT2D eigenvalue weighted by molar-refractivity contribution is 0.463. The molecule has 0 atom stereocenters. The summed E-state index contributed by atoms with van der Waals surface area (Å²) in [6.07, 6.45) is 3.64. The van der Waals surface area contributed by atoms with Crippen molar-refractivity contribution in [3.8, 4) is 0 Å². The van der Waals surface area contributed by atoms with Crippen molar-refractivity contribution in [3.05, 3.63) is 30.1 Å². The van der Waals surface area contributed by atoms with E-state index in [2.05, 4.69) is 9.88 Å². The Morgan fingerprint density at radius 2 is 2.23 bits per heavy atom. The maximum absolute atomic E-state index is 5.21. The summed E-state index contributed by atoms with van der Waals surface area (Å²) in [5.74, 6) is 1.13. The summed E-state index contributed by atoms with van der Waals surface area (Å²) in [5.41, 5.74) is 1.28. The lowest BCUT2D eigenvalue weighted by Crippen LogP contribution is -2.22. The van der Waals surface area contributed by atoms with Crippen molar-refractivity contribution in [2.24, 2.45) is 0 Å². The first-order chi connectivity index (χ1) is 6.36. The molecule has 1 aromatic rings. The first-order valence-electron chi connectivity index (χ1n) is 4.17. The van der Waals surface area contributed by atoms with Gasteiger partial charge in [-0.1, -0.05) is 24.0 Å². The molecular weight excluding hydrogens is 200 g/mol. The van der Waals surface area contributed by atoms with Gasteiger partial charge in [0, 0.05) is 31.2 Å². The molecule has 4 heteroatoms. The zero-order valence-corrected chi connectivity index (χ0v) is 8.77. The van der Waals surface area contributed by atoms with Gasteiger partial charge in [0.1, 0.15) is 4.32 Å². The fraction of sp³-hybridized carbons (Fsp3) is 0.333. The van der Waals surface area contributed by atoms with E-state index in [1.54, 1.807) is 11.8 Å². The van der Waals surface area contributed by atoms with E-state index in [1.807, 2.05) is 24.5 Å². The van der Waals surface area contributed by atoms with Gasteiger partial charge in [-0.05, 0) is 17.7 Å². The summed E-state index contributed by atoms with van der Waals surface area (Å²) < 4.78 is 1.02. The van der Waals surface area contributed by atoms with Gasteiger partial charge in [-0.25, -0.2) is 0 Å². The molecular formula is C9H10N2S2. The smallest absolute Gasteiger partial charge is 0.136 e. The van der Waals surface area contributed by atoms with Crippen LogP contribution in [0.25, 0.3) is 0 Å². The van der Waals surface area contributed by atoms with Crippen LogP contribution in [0.1, 0.15) is 5.56 Å². The molecule has 1 saturated heterocycles. The van der Waals surface area contributed by atoms with Gasteiger partial charge in [0.15, 0.2) is 0 Å². The average Bonchev–Trinajstić information content (AvgIpc) is 2.54. The number of thiocarbonyl (C=S) groups is 1. The molecule has 1 fully saturated rings. The molecule has 0 bridgehead atoms. The van der Waals surface area contributed by atoms with E-state index >= 15 is 0 Å². The van der Waals surface area contributed by atoms with Crippen LogP contribution in [-0.4, -0.2) is 26.5 Å². The molecule has 0 aromatic carbocycles. The van der Waals surface area contributed by atoms with E-state index in [0.717, 1.165) is 23.2 Å². The first-order valence-corrected chi connectivity index (χ1v) is 5.56. The van der Waals surface area contributed by atoms with Crippen molar-refractivity contribution < 1.29 is 0 Å². The first kappa shape index (κ1) is 8.97. The van der Waals surface area contributed by atoms with Crippen molar-refractivity contribution in [1.82, 2.24) is 9.88 Å². The molecule has 0 aliphatic carbocycles. The molecule has 0 saturated carbocycles. The number of pyridine rings is 1. The molecule has 0 spiro atoms. The molecule has 0 radical (unpaired) electrons. The Morgan fingerprint density at radius 3 is 2.85 bits per heavy atom. The second-order valence-electron chi connectivity index (χ2n) is 2.89. The molecule has 13 heavy (non-hydrogen) atoms. The standard InChI is InChI=1S/C9H10N2S2/c12-9-11(5-6-13-9)7-8-1-3-10-4-2-8/h1-4H,5-7H2. The lowest BCUT2D eigenvalue weighted by atomic mass is 10.2. The summed E-state index contributed by atoms with van der Waals surface area (Å²) in [5, 5.41) is 0. The Bertz CT molecular complexity index is 300. The van der Waals surface area contributed by atoms with E-state index in [1.165, 1.54) is 5.56 Å². The van der Waals surface area contributed by atoms with Crippen molar-refractivity contribution >= 4 is 28.3 Å². The number of nitrogens with zero attached hydrogens (tertiary/aromatic N) is 2. The van der Waals surface area contributed by atoms with Crippen LogP contribution in [0.4, 0.5) is 0 Å². The van der Waals surface area contributed by atoms with Gasteiger partial charge in [-0.2, -0.15) is 0 Å². The molecule has 0 amide bonds. The van der Waals surface area contributed by atoms with Crippen LogP contribution in [0.5, 0.6) is 0 Å². The van der Waals surface area contributed by atoms with Crippen LogP contribution in [0.15, 0.2) is 24.5 Å². The van der Waals surface area contributed by atoms with Crippen LogP contribution in [0, 0.1) is 0 Å². The Morgan fingerprint density at radius 1 is 1.46 bits per heavy atom. The maximum atomic E-state index is 5.21. The molecule has 68 valence electrons. The normalized spacial score (nSPS) is 16.6. The Balaban J connectivity index is 2.02. The maximum Gasteiger partial charge on any atom is 0.136 e. The highest BCUT2D eigenvalue weighted by atomic mass is 32.2. The van der Waals surface area contributed by atoms with E-state index in [9.17, 15) is 0 Å². The van der Waals surface area contributed by atoms with Crippen molar-refractivity contribution in [2.75, 3.05) is 12.3 Å². The monoisotopic (exact) mass is 210 g/mol. The molecule has 2 heterocycles. The second-order valence-corrected chi connectivity index (χ2v) is 4.62. The summed E-state index contributed by atoms with van der Waals surface area (Å²) in [6.45, 7) is 2.00. The van der Waals surface area contributed by atoms with Gasteiger partial charge in [-0.15, -0.1) is 0 Å². The van der Waals surface area contributed by atoms with E-state index in [0.29, 0.717) is 0 Å². The highest BCUT2D eigenvalue weighted by molar-refractivity contribution is 8.23. The SMILES string of the molecule is S=C1SCCN1Cc1ccncc1. The minimum atomic E-state index is 0.925. The van der Waals surface area contributed by atoms with E-state index in [-0.39, 0.29) is 0 Å². The largest absolute Gasteiger partial charge is 0.352 e. The molecule has 2 nitrogen and oxygen atoms in total. The molecule has 2 rings (SSSR count). The van der Waals surface area contributed by atoms with Gasteiger partial charge in [0.25, 0.3) is 0 Å². The third-order valence-electron chi connectivity index (χ3n) is 1.97. The van der Waals surface area contributed by atoms with Crippen molar-refractivity contribution in [2.45, 2.75) is 6.54 Å². The summed E-state index contributed by atoms with van der Waals surface area (Å²) in [7, 11) is 0. The molecule has 0 N–H and O–H groups in total. The van der Waals surface area contributed by atoms with Gasteiger partial charge in [0.05, 0.1) is 0 Å². The fourth-order valence-electron chi connectivity index (χ4n) is 1.28. The van der Waals surface area contributed by atoms with Gasteiger partial charge in [-0.3, -0.25) is 4.98 Å². The topological polar surface area (TPSA) is 16.1 Å². The molecule has 0 unspecified atom stereocenters. The van der Waals surface area contributed by atoms with Gasteiger partial charge in [0.2, 0.25) is 0 Å². The zero-order chi connectivity index (χ0) is 9.10. The third kappa shape index (κ3) is 2.19. The summed E-state index contributed by atoms with van der Waals surface area (Å²) in [6, 6.07) is 4.07. The van der Waals surface area contributed by atoms with Crippen molar-refractivity contribution in [1.29, 1.82) is 0 Å². The highest BCUT2D eigenvalue weighted by Gasteiger charge is 2.16. The fourth-order valence-corrected chi connectivity index (χ4v) is 2.51. The number of aromatic nitrogens is 1. The van der Waals surface area contributed by atoms with Crippen LogP contribution >= 0.6 is 24.0 Å². The van der Waals surface area contributed by atoms with E-state index in [4.69, 9.17) is 12.2 Å². The number of hydrogen-bond acceptors (Lipinski definition) is 3. The van der Waals surface area contributed by atoms with Gasteiger partial charge >= 0.3 is 0 Å². The zero-order valence-electron chi connectivity index (χ0n) is 7.14. The minimum absolute atomic E-state index is 0.925. The predicted molar refractivity (Wildman–Crippen MR) is 59.7 cm³/mol. The molecule has 1 aliphatic heterocycles. The predicted octanol–water partition coefficient (Wildman–Crippen LogP) is 1.92. The van der Waals surface area contributed by atoms with Crippen LogP contribution in [-0.2, 0) is 6.54 Å². The lowest BCUT2D eigenvalue weighted by Gasteiger charge is -2.16. The Kier molecular flexibility index (Phi) is 2.80. The van der Waals surface area contributed by atoms with E-state index < -0.39 is 0 Å². The highest BCUT2D eigenvalue weighted by Crippen LogP contribution is 2.19. The van der Waals surface area contributed by atoms with Crippen molar-refractivity contribution in [3.63, 3.8) is 0 Å².